The topological polar surface area (TPSA) is 96.9 Å². The molecule has 0 aromatic carbocycles. The van der Waals surface area contributed by atoms with Crippen molar-refractivity contribution < 1.29 is 19.1 Å². The van der Waals surface area contributed by atoms with Gasteiger partial charge in [-0.1, -0.05) is 6.92 Å². The van der Waals surface area contributed by atoms with Gasteiger partial charge < -0.3 is 10.1 Å². The zero-order chi connectivity index (χ0) is 12.7. The fourth-order valence-electron chi connectivity index (χ4n) is 1.15. The maximum Gasteiger partial charge on any atom is 0.355 e. The highest BCUT2D eigenvalue weighted by Crippen LogP contribution is 2.01. The van der Waals surface area contributed by atoms with Crippen LogP contribution >= 0.6 is 0 Å². The van der Waals surface area contributed by atoms with Gasteiger partial charge in [-0.25, -0.2) is 10.2 Å². The molecule has 0 fully saturated rings. The molecule has 0 aromatic heterocycles. The van der Waals surface area contributed by atoms with Gasteiger partial charge in [0.25, 0.3) is 5.91 Å². The van der Waals surface area contributed by atoms with E-state index in [1.54, 1.807) is 0 Å². The predicted molar refractivity (Wildman–Crippen MR) is 59.1 cm³/mol. The van der Waals surface area contributed by atoms with Crippen molar-refractivity contribution >= 4 is 23.5 Å². The summed E-state index contributed by atoms with van der Waals surface area (Å²) in [6, 6.07) is 0. The second-order valence-corrected chi connectivity index (χ2v) is 3.52. The van der Waals surface area contributed by atoms with Crippen molar-refractivity contribution in [2.45, 2.75) is 26.2 Å². The third kappa shape index (κ3) is 4.62. The fourth-order valence-corrected chi connectivity index (χ4v) is 1.15. The van der Waals surface area contributed by atoms with Crippen LogP contribution in [0, 0.1) is 0 Å². The summed E-state index contributed by atoms with van der Waals surface area (Å²) < 4.78 is 4.74. The van der Waals surface area contributed by atoms with E-state index >= 15 is 0 Å². The summed E-state index contributed by atoms with van der Waals surface area (Å²) in [5.74, 6) is -1.25. The van der Waals surface area contributed by atoms with Crippen LogP contribution in [0.2, 0.25) is 0 Å². The first-order valence-electron chi connectivity index (χ1n) is 5.42. The fraction of sp³-hybridized carbons (Fsp3) is 0.600. The molecular formula is C10H15N3O4. The van der Waals surface area contributed by atoms with E-state index in [-0.39, 0.29) is 37.0 Å². The molecular weight excluding hydrogens is 226 g/mol. The lowest BCUT2D eigenvalue weighted by molar-refractivity contribution is -0.142. The minimum absolute atomic E-state index is 0.132. The molecule has 0 bridgehead atoms. The van der Waals surface area contributed by atoms with Crippen LogP contribution in [0.5, 0.6) is 0 Å². The molecule has 0 unspecified atom stereocenters. The minimum atomic E-state index is -0.670. The van der Waals surface area contributed by atoms with Crippen LogP contribution in [0.4, 0.5) is 0 Å². The number of nitrogens with one attached hydrogen (secondary N) is 2. The Morgan fingerprint density at radius 3 is 2.82 bits per heavy atom. The number of rotatable bonds is 5. The number of esters is 1. The highest BCUT2D eigenvalue weighted by atomic mass is 16.5. The van der Waals surface area contributed by atoms with Gasteiger partial charge >= 0.3 is 5.97 Å². The molecule has 0 aliphatic carbocycles. The minimum Gasteiger partial charge on any atom is -0.451 e. The Bertz CT molecular complexity index is 351. The molecule has 0 spiro atoms. The number of hydrazone groups is 1. The van der Waals surface area contributed by atoms with Crippen LogP contribution < -0.4 is 10.7 Å². The van der Waals surface area contributed by atoms with Gasteiger partial charge in [0.05, 0.1) is 0 Å². The quantitative estimate of drug-likeness (QED) is 0.623. The van der Waals surface area contributed by atoms with Gasteiger partial charge in [0.15, 0.2) is 6.61 Å². The van der Waals surface area contributed by atoms with Crippen LogP contribution in [0.3, 0.4) is 0 Å². The molecule has 2 amide bonds. The number of hydrogen-bond acceptors (Lipinski definition) is 5. The van der Waals surface area contributed by atoms with Crippen LogP contribution in [0.15, 0.2) is 5.10 Å². The summed E-state index contributed by atoms with van der Waals surface area (Å²) in [5, 5.41) is 6.13. The van der Waals surface area contributed by atoms with Crippen LogP contribution in [0.25, 0.3) is 0 Å². The second kappa shape index (κ2) is 6.62. The van der Waals surface area contributed by atoms with Gasteiger partial charge in [-0.15, -0.1) is 0 Å². The molecule has 0 atom stereocenters. The van der Waals surface area contributed by atoms with Gasteiger partial charge in [-0.2, -0.15) is 5.10 Å². The SMILES string of the molecule is CCCNC(=O)COC(=O)C1=NNC(=O)CC1. The van der Waals surface area contributed by atoms with E-state index in [2.05, 4.69) is 15.8 Å². The molecule has 0 radical (unpaired) electrons. The first-order valence-corrected chi connectivity index (χ1v) is 5.42. The zero-order valence-electron chi connectivity index (χ0n) is 9.62. The summed E-state index contributed by atoms with van der Waals surface area (Å²) in [7, 11) is 0. The molecule has 0 saturated carbocycles. The van der Waals surface area contributed by atoms with Gasteiger partial charge in [-0.3, -0.25) is 9.59 Å². The van der Waals surface area contributed by atoms with Gasteiger partial charge in [0.1, 0.15) is 5.71 Å². The molecule has 7 nitrogen and oxygen atoms in total. The molecule has 0 saturated heterocycles. The van der Waals surface area contributed by atoms with Crippen LogP contribution in [-0.2, 0) is 19.1 Å². The lowest BCUT2D eigenvalue weighted by atomic mass is 10.2. The maximum absolute atomic E-state index is 11.4. The van der Waals surface area contributed by atoms with Crippen molar-refractivity contribution in [2.75, 3.05) is 13.2 Å². The number of nitrogens with zero attached hydrogens (tertiary/aromatic N) is 1. The van der Waals surface area contributed by atoms with Crippen molar-refractivity contribution in [3.8, 4) is 0 Å². The van der Waals surface area contributed by atoms with E-state index in [4.69, 9.17) is 4.74 Å². The van der Waals surface area contributed by atoms with Crippen molar-refractivity contribution in [2.24, 2.45) is 5.10 Å². The smallest absolute Gasteiger partial charge is 0.355 e. The van der Waals surface area contributed by atoms with E-state index < -0.39 is 5.97 Å². The van der Waals surface area contributed by atoms with Gasteiger partial charge in [0.2, 0.25) is 5.91 Å². The zero-order valence-corrected chi connectivity index (χ0v) is 9.62. The Morgan fingerprint density at radius 1 is 1.47 bits per heavy atom. The number of carbonyl (C=O) groups is 3. The van der Waals surface area contributed by atoms with Crippen molar-refractivity contribution in [1.82, 2.24) is 10.7 Å². The van der Waals surface area contributed by atoms with E-state index in [9.17, 15) is 14.4 Å². The highest BCUT2D eigenvalue weighted by molar-refractivity contribution is 6.37. The van der Waals surface area contributed by atoms with Crippen LogP contribution in [0.1, 0.15) is 26.2 Å². The van der Waals surface area contributed by atoms with Crippen molar-refractivity contribution in [3.05, 3.63) is 0 Å². The summed E-state index contributed by atoms with van der Waals surface area (Å²) >= 11 is 0. The van der Waals surface area contributed by atoms with E-state index in [0.29, 0.717) is 6.54 Å². The largest absolute Gasteiger partial charge is 0.451 e. The number of amides is 2. The third-order valence-electron chi connectivity index (χ3n) is 2.05. The number of ether oxygens (including phenoxy) is 1. The normalized spacial score (nSPS) is 14.6. The molecule has 17 heavy (non-hydrogen) atoms. The summed E-state index contributed by atoms with van der Waals surface area (Å²) in [4.78, 5) is 33.3. The van der Waals surface area contributed by atoms with Gasteiger partial charge in [0, 0.05) is 19.4 Å². The summed E-state index contributed by atoms with van der Waals surface area (Å²) in [6.45, 7) is 2.14. The van der Waals surface area contributed by atoms with Crippen LogP contribution in [-0.4, -0.2) is 36.6 Å². The standard InChI is InChI=1S/C10H15N3O4/c1-2-5-11-9(15)6-17-10(16)7-3-4-8(14)13-12-7/h2-6H2,1H3,(H,11,15)(H,13,14). The Balaban J connectivity index is 2.30. The molecule has 1 rings (SSSR count). The molecule has 1 aliphatic heterocycles. The van der Waals surface area contributed by atoms with Crippen molar-refractivity contribution in [1.29, 1.82) is 0 Å². The summed E-state index contributed by atoms with van der Waals surface area (Å²) in [5.41, 5.74) is 2.31. The Labute approximate surface area is 98.6 Å². The Morgan fingerprint density at radius 2 is 2.24 bits per heavy atom. The van der Waals surface area contributed by atoms with E-state index in [1.165, 1.54) is 0 Å². The first kappa shape index (κ1) is 13.1. The molecule has 1 aliphatic rings. The van der Waals surface area contributed by atoms with E-state index in [0.717, 1.165) is 6.42 Å². The third-order valence-corrected chi connectivity index (χ3v) is 2.05. The summed E-state index contributed by atoms with van der Waals surface area (Å²) in [6.07, 6.45) is 1.26. The molecule has 7 heteroatoms. The van der Waals surface area contributed by atoms with Crippen molar-refractivity contribution in [3.63, 3.8) is 0 Å². The second-order valence-electron chi connectivity index (χ2n) is 3.52. The number of hydrogen-bond donors (Lipinski definition) is 2. The van der Waals surface area contributed by atoms with E-state index in [1.807, 2.05) is 6.92 Å². The molecule has 0 aromatic rings. The lowest BCUT2D eigenvalue weighted by Gasteiger charge is -2.11. The monoisotopic (exact) mass is 241 g/mol. The molecule has 94 valence electrons. The maximum atomic E-state index is 11.4. The molecule has 1 heterocycles. The Kier molecular flexibility index (Phi) is 5.12. The highest BCUT2D eigenvalue weighted by Gasteiger charge is 2.20. The lowest BCUT2D eigenvalue weighted by Crippen LogP contribution is -2.34. The molecule has 2 N–H and O–H groups in total. The Hall–Kier alpha value is -1.92. The average Bonchev–Trinajstić information content (AvgIpc) is 2.34. The average molecular weight is 241 g/mol. The number of carbonyl (C=O) groups excluding carboxylic acids is 3. The predicted octanol–water partition coefficient (Wildman–Crippen LogP) is -0.678. The van der Waals surface area contributed by atoms with Gasteiger partial charge in [-0.05, 0) is 6.42 Å². The first-order chi connectivity index (χ1) is 8.13.